The molecule has 0 aliphatic heterocycles. The summed E-state index contributed by atoms with van der Waals surface area (Å²) in [7, 11) is 2.08. The molecule has 0 saturated carbocycles. The van der Waals surface area contributed by atoms with Crippen LogP contribution in [0.15, 0.2) is 24.3 Å². The number of nitrogens with one attached hydrogen (secondary N) is 1. The monoisotopic (exact) mass is 238 g/mol. The Hall–Kier alpha value is -0.930. The van der Waals surface area contributed by atoms with Gasteiger partial charge >= 0.3 is 0 Å². The highest BCUT2D eigenvalue weighted by atomic mass is 19.1. The van der Waals surface area contributed by atoms with Gasteiger partial charge in [0.2, 0.25) is 0 Å². The molecule has 1 N–H and O–H groups in total. The topological polar surface area (TPSA) is 15.3 Å². The number of hydrogen-bond acceptors (Lipinski definition) is 2. The lowest BCUT2D eigenvalue weighted by Crippen LogP contribution is -2.40. The van der Waals surface area contributed by atoms with Gasteiger partial charge in [0.1, 0.15) is 5.82 Å². The van der Waals surface area contributed by atoms with Crippen LogP contribution in [0.3, 0.4) is 0 Å². The Balaban J connectivity index is 2.30. The van der Waals surface area contributed by atoms with Crippen molar-refractivity contribution in [2.24, 2.45) is 0 Å². The first-order chi connectivity index (χ1) is 7.87. The molecule has 1 aromatic rings. The summed E-state index contributed by atoms with van der Waals surface area (Å²) in [6.07, 6.45) is 0. The van der Waals surface area contributed by atoms with E-state index in [-0.39, 0.29) is 11.4 Å². The van der Waals surface area contributed by atoms with Gasteiger partial charge in [-0.25, -0.2) is 4.39 Å². The molecule has 1 rings (SSSR count). The summed E-state index contributed by atoms with van der Waals surface area (Å²) in [6, 6.07) is 6.69. The molecule has 0 aliphatic rings. The molecular weight excluding hydrogens is 215 g/mol. The number of hydrogen-bond donors (Lipinski definition) is 1. The van der Waals surface area contributed by atoms with Crippen molar-refractivity contribution in [2.45, 2.75) is 32.9 Å². The Morgan fingerprint density at radius 1 is 1.18 bits per heavy atom. The van der Waals surface area contributed by atoms with Crippen LogP contribution < -0.4 is 5.32 Å². The molecule has 96 valence electrons. The Labute approximate surface area is 104 Å². The van der Waals surface area contributed by atoms with Crippen LogP contribution in [0, 0.1) is 5.82 Å². The lowest BCUT2D eigenvalue weighted by atomic mass is 10.1. The van der Waals surface area contributed by atoms with Crippen molar-refractivity contribution in [2.75, 3.05) is 20.1 Å². The fourth-order valence-electron chi connectivity index (χ4n) is 1.60. The average molecular weight is 238 g/mol. The predicted octanol–water partition coefficient (Wildman–Crippen LogP) is 2.65. The standard InChI is InChI=1S/C14H23FN2/c1-14(2,3)16-9-10-17(4)11-12-5-7-13(15)8-6-12/h5-8,16H,9-11H2,1-4H3. The molecule has 1 aromatic carbocycles. The molecule has 0 amide bonds. The van der Waals surface area contributed by atoms with E-state index < -0.39 is 0 Å². The summed E-state index contributed by atoms with van der Waals surface area (Å²) in [5.74, 6) is -0.175. The lowest BCUT2D eigenvalue weighted by Gasteiger charge is -2.23. The second-order valence-corrected chi connectivity index (χ2v) is 5.54. The first-order valence-corrected chi connectivity index (χ1v) is 6.05. The first kappa shape index (κ1) is 14.1. The van der Waals surface area contributed by atoms with Crippen LogP contribution in [0.4, 0.5) is 4.39 Å². The Morgan fingerprint density at radius 2 is 1.76 bits per heavy atom. The highest BCUT2D eigenvalue weighted by molar-refractivity contribution is 5.15. The zero-order chi connectivity index (χ0) is 12.9. The summed E-state index contributed by atoms with van der Waals surface area (Å²) in [6.45, 7) is 9.27. The highest BCUT2D eigenvalue weighted by Gasteiger charge is 2.08. The van der Waals surface area contributed by atoms with Gasteiger partial charge in [-0.3, -0.25) is 0 Å². The van der Waals surface area contributed by atoms with Crippen molar-refractivity contribution in [1.82, 2.24) is 10.2 Å². The number of halogens is 1. The third-order valence-corrected chi connectivity index (χ3v) is 2.51. The normalized spacial score (nSPS) is 12.1. The van der Waals surface area contributed by atoms with E-state index in [0.29, 0.717) is 0 Å². The highest BCUT2D eigenvalue weighted by Crippen LogP contribution is 2.05. The van der Waals surface area contributed by atoms with E-state index >= 15 is 0 Å². The zero-order valence-corrected chi connectivity index (χ0v) is 11.3. The van der Waals surface area contributed by atoms with Crippen LogP contribution in [0.2, 0.25) is 0 Å². The van der Waals surface area contributed by atoms with Crippen LogP contribution in [-0.2, 0) is 6.54 Å². The second-order valence-electron chi connectivity index (χ2n) is 5.54. The summed E-state index contributed by atoms with van der Waals surface area (Å²) in [5, 5.41) is 3.45. The lowest BCUT2D eigenvalue weighted by molar-refractivity contribution is 0.303. The smallest absolute Gasteiger partial charge is 0.123 e. The van der Waals surface area contributed by atoms with Gasteiger partial charge in [-0.05, 0) is 45.5 Å². The Kier molecular flexibility index (Phi) is 5.09. The van der Waals surface area contributed by atoms with Crippen LogP contribution >= 0.6 is 0 Å². The molecule has 17 heavy (non-hydrogen) atoms. The van der Waals surface area contributed by atoms with Crippen molar-refractivity contribution in [3.63, 3.8) is 0 Å². The van der Waals surface area contributed by atoms with Crippen LogP contribution in [0.5, 0.6) is 0 Å². The van der Waals surface area contributed by atoms with Gasteiger partial charge in [-0.1, -0.05) is 12.1 Å². The third kappa shape index (κ3) is 6.39. The summed E-state index contributed by atoms with van der Waals surface area (Å²) in [4.78, 5) is 2.23. The third-order valence-electron chi connectivity index (χ3n) is 2.51. The Morgan fingerprint density at radius 3 is 2.29 bits per heavy atom. The van der Waals surface area contributed by atoms with Gasteiger partial charge in [0.05, 0.1) is 0 Å². The van der Waals surface area contributed by atoms with Gasteiger partial charge in [0.25, 0.3) is 0 Å². The molecule has 2 nitrogen and oxygen atoms in total. The molecule has 0 aliphatic carbocycles. The summed E-state index contributed by atoms with van der Waals surface area (Å²) >= 11 is 0. The van der Waals surface area contributed by atoms with E-state index in [9.17, 15) is 4.39 Å². The first-order valence-electron chi connectivity index (χ1n) is 6.05. The predicted molar refractivity (Wildman–Crippen MR) is 70.5 cm³/mol. The number of nitrogens with zero attached hydrogens (tertiary/aromatic N) is 1. The number of rotatable bonds is 5. The van der Waals surface area contributed by atoms with Crippen molar-refractivity contribution in [1.29, 1.82) is 0 Å². The number of benzene rings is 1. The molecule has 0 spiro atoms. The molecule has 0 aromatic heterocycles. The van der Waals surface area contributed by atoms with Gasteiger partial charge < -0.3 is 10.2 Å². The minimum atomic E-state index is -0.175. The van der Waals surface area contributed by atoms with Crippen molar-refractivity contribution in [3.05, 3.63) is 35.6 Å². The quantitative estimate of drug-likeness (QED) is 0.848. The summed E-state index contributed by atoms with van der Waals surface area (Å²) < 4.78 is 12.7. The average Bonchev–Trinajstić information content (AvgIpc) is 2.19. The maximum Gasteiger partial charge on any atom is 0.123 e. The number of likely N-dealkylation sites (N-methyl/N-ethyl adjacent to an activating group) is 1. The molecule has 0 saturated heterocycles. The zero-order valence-electron chi connectivity index (χ0n) is 11.3. The van der Waals surface area contributed by atoms with E-state index in [1.807, 2.05) is 12.1 Å². The van der Waals surface area contributed by atoms with Gasteiger partial charge in [-0.15, -0.1) is 0 Å². The SMILES string of the molecule is CN(CCNC(C)(C)C)Cc1ccc(F)cc1. The molecular formula is C14H23FN2. The molecule has 0 bridgehead atoms. The van der Waals surface area contributed by atoms with E-state index in [1.165, 1.54) is 12.1 Å². The summed E-state index contributed by atoms with van der Waals surface area (Å²) in [5.41, 5.74) is 1.31. The molecule has 0 heterocycles. The van der Waals surface area contributed by atoms with Gasteiger partial charge in [-0.2, -0.15) is 0 Å². The maximum absolute atomic E-state index is 12.7. The van der Waals surface area contributed by atoms with Crippen molar-refractivity contribution >= 4 is 0 Å². The van der Waals surface area contributed by atoms with Crippen LogP contribution in [0.25, 0.3) is 0 Å². The van der Waals surface area contributed by atoms with Crippen molar-refractivity contribution in [3.8, 4) is 0 Å². The minimum absolute atomic E-state index is 0.163. The van der Waals surface area contributed by atoms with E-state index in [1.54, 1.807) is 0 Å². The largest absolute Gasteiger partial charge is 0.311 e. The maximum atomic E-state index is 12.7. The van der Waals surface area contributed by atoms with E-state index in [4.69, 9.17) is 0 Å². The molecule has 3 heteroatoms. The molecule has 0 unspecified atom stereocenters. The van der Waals surface area contributed by atoms with Crippen LogP contribution in [-0.4, -0.2) is 30.6 Å². The van der Waals surface area contributed by atoms with E-state index in [0.717, 1.165) is 25.2 Å². The van der Waals surface area contributed by atoms with Gasteiger partial charge in [0, 0.05) is 25.2 Å². The second kappa shape index (κ2) is 6.12. The minimum Gasteiger partial charge on any atom is -0.311 e. The van der Waals surface area contributed by atoms with Crippen molar-refractivity contribution < 1.29 is 4.39 Å². The van der Waals surface area contributed by atoms with Gasteiger partial charge in [0.15, 0.2) is 0 Å². The molecule has 0 fully saturated rings. The fourth-order valence-corrected chi connectivity index (χ4v) is 1.60. The Bertz CT molecular complexity index is 327. The van der Waals surface area contributed by atoms with Crippen LogP contribution in [0.1, 0.15) is 26.3 Å². The molecule has 0 radical (unpaired) electrons. The fraction of sp³-hybridized carbons (Fsp3) is 0.571. The molecule has 0 atom stereocenters. The van der Waals surface area contributed by atoms with E-state index in [2.05, 4.69) is 38.0 Å².